The van der Waals surface area contributed by atoms with Gasteiger partial charge in [0.25, 0.3) is 0 Å². The minimum atomic E-state index is -0.486. The summed E-state index contributed by atoms with van der Waals surface area (Å²) < 4.78 is 19.3. The Morgan fingerprint density at radius 3 is 2.62 bits per heavy atom. The van der Waals surface area contributed by atoms with Gasteiger partial charge in [-0.15, -0.1) is 0 Å². The molecule has 0 spiro atoms. The molecule has 0 radical (unpaired) electrons. The second kappa shape index (κ2) is 11.1. The van der Waals surface area contributed by atoms with E-state index in [1.54, 1.807) is 6.08 Å². The highest BCUT2D eigenvalue weighted by molar-refractivity contribution is 14.1. The summed E-state index contributed by atoms with van der Waals surface area (Å²) in [5, 5.41) is 0.659. The number of carbonyl (C=O) groups excluding carboxylic acids is 1. The fraction of sp³-hybridized carbons (Fsp3) is 0.154. The highest BCUT2D eigenvalue weighted by atomic mass is 127. The molecule has 0 aromatic heterocycles. The molecule has 0 bridgehead atoms. The van der Waals surface area contributed by atoms with Crippen LogP contribution in [0.4, 0.5) is 0 Å². The van der Waals surface area contributed by atoms with Crippen molar-refractivity contribution in [2.75, 3.05) is 6.61 Å². The summed E-state index contributed by atoms with van der Waals surface area (Å²) in [6, 6.07) is 17.1. The fourth-order valence-corrected chi connectivity index (χ4v) is 4.65. The molecule has 34 heavy (non-hydrogen) atoms. The molecule has 1 aliphatic rings. The topological polar surface area (TPSA) is 57.1 Å². The maximum absolute atomic E-state index is 12.5. The molecule has 1 heterocycles. The molecule has 4 rings (SSSR count). The number of esters is 1. The predicted octanol–water partition coefficient (Wildman–Crippen LogP) is 7.18. The van der Waals surface area contributed by atoms with E-state index in [0.29, 0.717) is 35.6 Å². The lowest BCUT2D eigenvalue weighted by molar-refractivity contribution is -0.129. The van der Waals surface area contributed by atoms with Crippen molar-refractivity contribution in [1.82, 2.24) is 0 Å². The summed E-state index contributed by atoms with van der Waals surface area (Å²) in [6.45, 7) is 4.74. The number of hydrogen-bond acceptors (Lipinski definition) is 5. The Bertz CT molecular complexity index is 1320. The van der Waals surface area contributed by atoms with Crippen LogP contribution in [0.3, 0.4) is 0 Å². The standard InChI is InChI=1S/C26H20ClI2NO4/c1-3-32-23-13-17(11-21(29)24(23)33-14-16-5-4-6-19(27)10-16)12-22-26(31)34-25(30-22)18-7-8-20(28)15(2)9-18/h4-13H,3,14H2,1-2H3/b22-12-. The van der Waals surface area contributed by atoms with Gasteiger partial charge in [-0.25, -0.2) is 9.79 Å². The molecule has 3 aromatic rings. The van der Waals surface area contributed by atoms with Gasteiger partial charge in [-0.3, -0.25) is 0 Å². The average Bonchev–Trinajstić information content (AvgIpc) is 3.15. The van der Waals surface area contributed by atoms with Gasteiger partial charge in [-0.1, -0.05) is 23.7 Å². The molecule has 0 N–H and O–H groups in total. The van der Waals surface area contributed by atoms with Crippen LogP contribution in [-0.4, -0.2) is 18.5 Å². The number of hydrogen-bond donors (Lipinski definition) is 0. The maximum atomic E-state index is 12.5. The zero-order chi connectivity index (χ0) is 24.2. The number of benzene rings is 3. The summed E-state index contributed by atoms with van der Waals surface area (Å²) >= 11 is 10.5. The Morgan fingerprint density at radius 2 is 1.88 bits per heavy atom. The first kappa shape index (κ1) is 25.0. The first-order valence-electron chi connectivity index (χ1n) is 10.5. The van der Waals surface area contributed by atoms with Gasteiger partial charge in [0.15, 0.2) is 17.2 Å². The average molecular weight is 700 g/mol. The number of rotatable bonds is 7. The molecule has 3 aromatic carbocycles. The van der Waals surface area contributed by atoms with E-state index in [4.69, 9.17) is 25.8 Å². The second-order valence-electron chi connectivity index (χ2n) is 7.48. The van der Waals surface area contributed by atoms with Crippen LogP contribution in [0.15, 0.2) is 65.3 Å². The molecule has 5 nitrogen and oxygen atoms in total. The minimum absolute atomic E-state index is 0.233. The molecule has 0 saturated heterocycles. The first-order valence-corrected chi connectivity index (χ1v) is 13.0. The number of carbonyl (C=O) groups is 1. The van der Waals surface area contributed by atoms with E-state index >= 15 is 0 Å². The van der Waals surface area contributed by atoms with E-state index in [2.05, 4.69) is 50.2 Å². The van der Waals surface area contributed by atoms with Crippen LogP contribution in [0.1, 0.15) is 29.2 Å². The van der Waals surface area contributed by atoms with Gasteiger partial charge < -0.3 is 14.2 Å². The van der Waals surface area contributed by atoms with Crippen molar-refractivity contribution in [1.29, 1.82) is 0 Å². The van der Waals surface area contributed by atoms with Crippen molar-refractivity contribution in [3.63, 3.8) is 0 Å². The monoisotopic (exact) mass is 699 g/mol. The summed E-state index contributed by atoms with van der Waals surface area (Å²) in [4.78, 5) is 16.9. The van der Waals surface area contributed by atoms with E-state index in [0.717, 1.165) is 29.4 Å². The van der Waals surface area contributed by atoms with Crippen LogP contribution < -0.4 is 9.47 Å². The smallest absolute Gasteiger partial charge is 0.363 e. The predicted molar refractivity (Wildman–Crippen MR) is 151 cm³/mol. The van der Waals surface area contributed by atoms with Crippen LogP contribution in [0.2, 0.25) is 5.02 Å². The second-order valence-corrected chi connectivity index (χ2v) is 10.2. The largest absolute Gasteiger partial charge is 0.490 e. The van der Waals surface area contributed by atoms with Crippen LogP contribution in [-0.2, 0) is 16.1 Å². The molecule has 174 valence electrons. The summed E-state index contributed by atoms with van der Waals surface area (Å²) in [7, 11) is 0. The van der Waals surface area contributed by atoms with E-state index < -0.39 is 5.97 Å². The Labute approximate surface area is 230 Å². The van der Waals surface area contributed by atoms with Crippen LogP contribution in [0.25, 0.3) is 6.08 Å². The minimum Gasteiger partial charge on any atom is -0.490 e. The third-order valence-electron chi connectivity index (χ3n) is 4.93. The summed E-state index contributed by atoms with van der Waals surface area (Å²) in [5.41, 5.74) is 3.82. The quantitative estimate of drug-likeness (QED) is 0.149. The van der Waals surface area contributed by atoms with Crippen LogP contribution in [0, 0.1) is 14.1 Å². The van der Waals surface area contributed by atoms with Gasteiger partial charge in [0.05, 0.1) is 10.2 Å². The lowest BCUT2D eigenvalue weighted by atomic mass is 10.1. The van der Waals surface area contributed by atoms with Crippen LogP contribution in [0.5, 0.6) is 11.5 Å². The van der Waals surface area contributed by atoms with Crippen molar-refractivity contribution < 1.29 is 19.0 Å². The number of ether oxygens (including phenoxy) is 3. The lowest BCUT2D eigenvalue weighted by Crippen LogP contribution is -2.06. The lowest BCUT2D eigenvalue weighted by Gasteiger charge is -2.15. The third kappa shape index (κ3) is 5.92. The van der Waals surface area contributed by atoms with Crippen molar-refractivity contribution >= 4 is 74.7 Å². The number of aryl methyl sites for hydroxylation is 1. The zero-order valence-corrected chi connectivity index (χ0v) is 23.5. The van der Waals surface area contributed by atoms with E-state index in [9.17, 15) is 4.79 Å². The molecule has 1 aliphatic heterocycles. The third-order valence-corrected chi connectivity index (χ3v) is 7.18. The zero-order valence-electron chi connectivity index (χ0n) is 18.4. The van der Waals surface area contributed by atoms with Gasteiger partial charge in [0.1, 0.15) is 6.61 Å². The molecule has 0 unspecified atom stereocenters. The molecular weight excluding hydrogens is 680 g/mol. The number of aliphatic imine (C=N–C) groups is 1. The maximum Gasteiger partial charge on any atom is 0.363 e. The highest BCUT2D eigenvalue weighted by Gasteiger charge is 2.25. The fourth-order valence-electron chi connectivity index (χ4n) is 3.32. The highest BCUT2D eigenvalue weighted by Crippen LogP contribution is 2.36. The molecule has 0 saturated carbocycles. The van der Waals surface area contributed by atoms with Crippen molar-refractivity contribution in [2.45, 2.75) is 20.5 Å². The molecular formula is C26H20ClI2NO4. The van der Waals surface area contributed by atoms with Gasteiger partial charge >= 0.3 is 5.97 Å². The Morgan fingerprint density at radius 1 is 1.06 bits per heavy atom. The van der Waals surface area contributed by atoms with Crippen LogP contribution >= 0.6 is 56.8 Å². The molecule has 0 aliphatic carbocycles. The number of halogens is 3. The van der Waals surface area contributed by atoms with Crippen molar-refractivity contribution in [3.8, 4) is 11.5 Å². The first-order chi connectivity index (χ1) is 16.3. The van der Waals surface area contributed by atoms with Gasteiger partial charge in [-0.05, 0) is 124 Å². The van der Waals surface area contributed by atoms with E-state index in [1.807, 2.05) is 68.4 Å². The van der Waals surface area contributed by atoms with Crippen molar-refractivity contribution in [3.05, 3.63) is 94.7 Å². The summed E-state index contributed by atoms with van der Waals surface area (Å²) in [6.07, 6.45) is 1.69. The SMILES string of the molecule is CCOc1cc(/C=C2\N=C(c3ccc(I)c(C)c3)OC2=O)cc(I)c1OCc1cccc(Cl)c1. The Balaban J connectivity index is 1.61. The Hall–Kier alpha value is -2.11. The van der Waals surface area contributed by atoms with E-state index in [1.165, 1.54) is 0 Å². The Kier molecular flexibility index (Phi) is 8.15. The normalized spacial score (nSPS) is 14.2. The molecule has 0 fully saturated rings. The molecule has 8 heteroatoms. The van der Waals surface area contributed by atoms with Crippen molar-refractivity contribution in [2.24, 2.45) is 4.99 Å². The van der Waals surface area contributed by atoms with Gasteiger partial charge in [-0.2, -0.15) is 0 Å². The van der Waals surface area contributed by atoms with Gasteiger partial charge in [0, 0.05) is 14.2 Å². The summed E-state index contributed by atoms with van der Waals surface area (Å²) in [5.74, 6) is 1.04. The number of nitrogens with zero attached hydrogens (tertiary/aromatic N) is 1. The van der Waals surface area contributed by atoms with Gasteiger partial charge in [0.2, 0.25) is 5.90 Å². The molecule has 0 atom stereocenters. The molecule has 0 amide bonds. The van der Waals surface area contributed by atoms with E-state index in [-0.39, 0.29) is 5.70 Å². The number of cyclic esters (lactones) is 1.